The van der Waals surface area contributed by atoms with Gasteiger partial charge in [0.15, 0.2) is 5.69 Å². The quantitative estimate of drug-likeness (QED) is 0.375. The third-order valence-corrected chi connectivity index (χ3v) is 5.00. The molecule has 7 heteroatoms. The minimum atomic E-state index is -1.28. The molecule has 0 aliphatic carbocycles. The zero-order valence-corrected chi connectivity index (χ0v) is 17.9. The van der Waals surface area contributed by atoms with Crippen molar-refractivity contribution >= 4 is 22.8 Å². The lowest BCUT2D eigenvalue weighted by molar-refractivity contribution is 0.0691. The molecule has 0 radical (unpaired) electrons. The summed E-state index contributed by atoms with van der Waals surface area (Å²) < 4.78 is 0. The number of carboxylic acids is 2. The van der Waals surface area contributed by atoms with E-state index in [4.69, 9.17) is 10.2 Å². The van der Waals surface area contributed by atoms with Gasteiger partial charge in [0.1, 0.15) is 0 Å². The lowest BCUT2D eigenvalue weighted by Crippen LogP contribution is -2.09. The number of carboxylic acid groups (broad SMARTS) is 2. The summed E-state index contributed by atoms with van der Waals surface area (Å²) in [6.45, 7) is 0. The highest BCUT2D eigenvalue weighted by Gasteiger charge is 2.20. The molecule has 0 saturated carbocycles. The number of fused-ring (bicyclic) bond motifs is 1. The van der Waals surface area contributed by atoms with Gasteiger partial charge in [-0.15, -0.1) is 0 Å². The van der Waals surface area contributed by atoms with E-state index in [0.717, 1.165) is 23.0 Å². The Morgan fingerprint density at radius 3 is 2.12 bits per heavy atom. The van der Waals surface area contributed by atoms with Crippen molar-refractivity contribution < 1.29 is 19.8 Å². The van der Waals surface area contributed by atoms with Crippen LogP contribution >= 0.6 is 0 Å². The smallest absolute Gasteiger partial charge is 0.355 e. The number of para-hydroxylation sites is 1. The zero-order valence-electron chi connectivity index (χ0n) is 17.9. The summed E-state index contributed by atoms with van der Waals surface area (Å²) in [6.07, 6.45) is 4.07. The van der Waals surface area contributed by atoms with Crippen molar-refractivity contribution in [3.8, 4) is 22.4 Å². The largest absolute Gasteiger partial charge is 0.478 e. The van der Waals surface area contributed by atoms with Crippen molar-refractivity contribution in [1.29, 1.82) is 0 Å². The van der Waals surface area contributed by atoms with Crippen LogP contribution in [0.1, 0.15) is 20.8 Å². The second kappa shape index (κ2) is 10.1. The topological polar surface area (TPSA) is 113 Å². The van der Waals surface area contributed by atoms with Crippen LogP contribution in [-0.4, -0.2) is 37.1 Å². The Balaban J connectivity index is 0.000000162. The Bertz CT molecular complexity index is 1420. The average Bonchev–Trinajstić information content (AvgIpc) is 2.89. The molecule has 5 rings (SSSR count). The van der Waals surface area contributed by atoms with E-state index in [-0.39, 0.29) is 16.8 Å². The number of carbonyl (C=O) groups is 2. The van der Waals surface area contributed by atoms with Crippen LogP contribution in [0.4, 0.5) is 0 Å². The number of pyridine rings is 3. The van der Waals surface area contributed by atoms with Gasteiger partial charge in [0, 0.05) is 40.7 Å². The molecule has 3 aromatic heterocycles. The average molecular weight is 449 g/mol. The first-order valence-electron chi connectivity index (χ1n) is 10.3. The maximum atomic E-state index is 11.1. The molecule has 3 heterocycles. The monoisotopic (exact) mass is 449 g/mol. The third kappa shape index (κ3) is 4.94. The summed E-state index contributed by atoms with van der Waals surface area (Å²) in [5, 5.41) is 19.3. The summed E-state index contributed by atoms with van der Waals surface area (Å²) in [5.41, 5.74) is 3.28. The van der Waals surface area contributed by atoms with Crippen LogP contribution in [0.25, 0.3) is 33.3 Å². The Hall–Kier alpha value is -4.91. The van der Waals surface area contributed by atoms with E-state index >= 15 is 0 Å². The molecule has 166 valence electrons. The van der Waals surface area contributed by atoms with Crippen LogP contribution in [0.5, 0.6) is 0 Å². The Morgan fingerprint density at radius 1 is 0.676 bits per heavy atom. The SMILES string of the molecule is O=C(O)c1ccnc(C(=O)O)c1-c1cccnc1.c1ccc(-c2ccc3ccccc3n2)cc1. The summed E-state index contributed by atoms with van der Waals surface area (Å²) >= 11 is 0. The van der Waals surface area contributed by atoms with Crippen molar-refractivity contribution in [3.05, 3.63) is 115 Å². The molecule has 0 amide bonds. The molecule has 0 saturated heterocycles. The van der Waals surface area contributed by atoms with Crippen LogP contribution in [0.3, 0.4) is 0 Å². The highest BCUT2D eigenvalue weighted by molar-refractivity contribution is 6.03. The number of aromatic nitrogens is 3. The number of nitrogens with zero attached hydrogens (tertiary/aromatic N) is 3. The molecule has 0 unspecified atom stereocenters. The van der Waals surface area contributed by atoms with Gasteiger partial charge in [-0.3, -0.25) is 4.98 Å². The first kappa shape index (κ1) is 22.3. The van der Waals surface area contributed by atoms with Gasteiger partial charge in [0.25, 0.3) is 0 Å². The van der Waals surface area contributed by atoms with E-state index in [1.54, 1.807) is 12.1 Å². The van der Waals surface area contributed by atoms with E-state index in [1.807, 2.05) is 36.4 Å². The molecule has 0 fully saturated rings. The van der Waals surface area contributed by atoms with E-state index in [2.05, 4.69) is 45.3 Å². The van der Waals surface area contributed by atoms with E-state index < -0.39 is 11.9 Å². The molecule has 2 aromatic carbocycles. The normalized spacial score (nSPS) is 10.2. The number of rotatable bonds is 4. The van der Waals surface area contributed by atoms with Gasteiger partial charge in [-0.2, -0.15) is 0 Å². The van der Waals surface area contributed by atoms with Crippen molar-refractivity contribution in [2.45, 2.75) is 0 Å². The highest BCUT2D eigenvalue weighted by Crippen LogP contribution is 2.26. The van der Waals surface area contributed by atoms with Crippen LogP contribution in [0.15, 0.2) is 104 Å². The Morgan fingerprint density at radius 2 is 1.41 bits per heavy atom. The molecule has 5 aromatic rings. The second-order valence-electron chi connectivity index (χ2n) is 7.19. The minimum absolute atomic E-state index is 0.0607. The molecule has 0 atom stereocenters. The fraction of sp³-hybridized carbons (Fsp3) is 0. The van der Waals surface area contributed by atoms with Crippen molar-refractivity contribution in [3.63, 3.8) is 0 Å². The summed E-state index contributed by atoms with van der Waals surface area (Å²) in [5.74, 6) is -2.49. The molecule has 0 aliphatic heterocycles. The van der Waals surface area contributed by atoms with Crippen molar-refractivity contribution in [2.75, 3.05) is 0 Å². The first-order chi connectivity index (χ1) is 16.5. The van der Waals surface area contributed by atoms with Crippen LogP contribution in [0.2, 0.25) is 0 Å². The van der Waals surface area contributed by atoms with Gasteiger partial charge in [0.05, 0.1) is 16.8 Å². The zero-order chi connectivity index (χ0) is 23.9. The predicted molar refractivity (Wildman–Crippen MR) is 129 cm³/mol. The second-order valence-corrected chi connectivity index (χ2v) is 7.19. The molecule has 0 bridgehead atoms. The number of aromatic carboxylic acids is 2. The molecule has 7 nitrogen and oxygen atoms in total. The van der Waals surface area contributed by atoms with Gasteiger partial charge in [-0.05, 0) is 24.3 Å². The lowest BCUT2D eigenvalue weighted by Gasteiger charge is -2.08. The van der Waals surface area contributed by atoms with Gasteiger partial charge in [-0.25, -0.2) is 19.6 Å². The number of hydrogen-bond acceptors (Lipinski definition) is 5. The fourth-order valence-electron chi connectivity index (χ4n) is 3.44. The Labute approximate surface area is 195 Å². The van der Waals surface area contributed by atoms with Gasteiger partial charge < -0.3 is 10.2 Å². The van der Waals surface area contributed by atoms with Crippen LogP contribution in [-0.2, 0) is 0 Å². The van der Waals surface area contributed by atoms with E-state index in [0.29, 0.717) is 5.56 Å². The standard InChI is InChI=1S/C15H11N.C12H8N2O4/c1-2-6-12(7-3-1)15-11-10-13-8-4-5-9-14(13)16-15;15-11(16)8-3-5-14-10(12(17)18)9(8)7-2-1-4-13-6-7/h1-11H;1-6H,(H,15,16)(H,17,18). The summed E-state index contributed by atoms with van der Waals surface area (Å²) in [6, 6.07) is 27.0. The molecule has 0 spiro atoms. The van der Waals surface area contributed by atoms with Gasteiger partial charge >= 0.3 is 11.9 Å². The van der Waals surface area contributed by atoms with E-state index in [1.165, 1.54) is 23.8 Å². The third-order valence-electron chi connectivity index (χ3n) is 5.00. The molecular formula is C27H19N3O4. The van der Waals surface area contributed by atoms with Gasteiger partial charge in [0.2, 0.25) is 0 Å². The molecule has 2 N–H and O–H groups in total. The first-order valence-corrected chi connectivity index (χ1v) is 10.3. The minimum Gasteiger partial charge on any atom is -0.478 e. The number of benzene rings is 2. The van der Waals surface area contributed by atoms with Crippen LogP contribution in [0, 0.1) is 0 Å². The molecule has 34 heavy (non-hydrogen) atoms. The van der Waals surface area contributed by atoms with Crippen molar-refractivity contribution in [2.24, 2.45) is 0 Å². The van der Waals surface area contributed by atoms with E-state index in [9.17, 15) is 9.59 Å². The molecule has 0 aliphatic rings. The highest BCUT2D eigenvalue weighted by atomic mass is 16.4. The maximum Gasteiger partial charge on any atom is 0.355 e. The fourth-order valence-corrected chi connectivity index (χ4v) is 3.44. The summed E-state index contributed by atoms with van der Waals surface area (Å²) in [4.78, 5) is 34.4. The maximum absolute atomic E-state index is 11.1. The predicted octanol–water partition coefficient (Wildman–Crippen LogP) is 5.44. The lowest BCUT2D eigenvalue weighted by atomic mass is 10.00. The van der Waals surface area contributed by atoms with Crippen LogP contribution < -0.4 is 0 Å². The number of hydrogen-bond donors (Lipinski definition) is 2. The van der Waals surface area contributed by atoms with Gasteiger partial charge in [-0.1, -0.05) is 60.7 Å². The van der Waals surface area contributed by atoms with Crippen molar-refractivity contribution in [1.82, 2.24) is 15.0 Å². The molecular weight excluding hydrogens is 430 g/mol. The Kier molecular flexibility index (Phi) is 6.65. The summed E-state index contributed by atoms with van der Waals surface area (Å²) in [7, 11) is 0.